The minimum Gasteiger partial charge on any atom is -0.447 e. The average molecular weight is 383 g/mol. The predicted molar refractivity (Wildman–Crippen MR) is 99.4 cm³/mol. The van der Waals surface area contributed by atoms with Gasteiger partial charge >= 0.3 is 5.97 Å². The lowest BCUT2D eigenvalue weighted by molar-refractivity contribution is -0.134. The van der Waals surface area contributed by atoms with Crippen molar-refractivity contribution in [3.63, 3.8) is 0 Å². The van der Waals surface area contributed by atoms with Crippen LogP contribution in [0.5, 0.6) is 0 Å². The van der Waals surface area contributed by atoms with Gasteiger partial charge in [-0.25, -0.2) is 14.3 Å². The summed E-state index contributed by atoms with van der Waals surface area (Å²) in [6.07, 6.45) is 7.84. The third-order valence-corrected chi connectivity index (χ3v) is 6.69. The number of carbonyl (C=O) groups excluding carboxylic acids is 2. The third-order valence-electron chi connectivity index (χ3n) is 6.69. The summed E-state index contributed by atoms with van der Waals surface area (Å²) in [5, 5.41) is 7.38. The molecule has 4 bridgehead atoms. The molecule has 2 heterocycles. The molecule has 2 aromatic heterocycles. The van der Waals surface area contributed by atoms with Crippen molar-refractivity contribution in [3.8, 4) is 0 Å². The number of carbonyl (C=O) groups is 2. The molecule has 1 unspecified atom stereocenters. The fraction of sp³-hybridized carbons (Fsp3) is 0.650. The second-order valence-corrected chi connectivity index (χ2v) is 8.97. The molecule has 28 heavy (non-hydrogen) atoms. The monoisotopic (exact) mass is 383 g/mol. The van der Waals surface area contributed by atoms with Gasteiger partial charge in [0.15, 0.2) is 6.10 Å². The lowest BCUT2D eigenvalue weighted by atomic mass is 9.53. The Morgan fingerprint density at radius 2 is 1.86 bits per heavy atom. The number of esters is 1. The topological polar surface area (TPSA) is 98.5 Å². The molecule has 8 nitrogen and oxygen atoms in total. The summed E-state index contributed by atoms with van der Waals surface area (Å²) in [6.45, 7) is 3.45. The quantitative estimate of drug-likeness (QED) is 0.812. The molecule has 2 aromatic rings. The van der Waals surface area contributed by atoms with Gasteiger partial charge in [0.1, 0.15) is 0 Å². The van der Waals surface area contributed by atoms with Gasteiger partial charge in [0, 0.05) is 17.4 Å². The fourth-order valence-electron chi connectivity index (χ4n) is 5.89. The zero-order valence-corrected chi connectivity index (χ0v) is 16.2. The number of rotatable bonds is 4. The van der Waals surface area contributed by atoms with Gasteiger partial charge in [0.25, 0.3) is 17.5 Å². The molecule has 0 spiro atoms. The number of nitrogens with one attached hydrogen (secondary N) is 1. The molecule has 4 aliphatic carbocycles. The van der Waals surface area contributed by atoms with Crippen LogP contribution in [0.2, 0.25) is 0 Å². The lowest BCUT2D eigenvalue weighted by Crippen LogP contribution is -2.61. The average Bonchev–Trinajstić information content (AvgIpc) is 3.06. The largest absolute Gasteiger partial charge is 0.447 e. The summed E-state index contributed by atoms with van der Waals surface area (Å²) < 4.78 is 6.85. The number of ether oxygens (including phenoxy) is 1. The van der Waals surface area contributed by atoms with E-state index < -0.39 is 12.1 Å². The molecule has 8 heteroatoms. The Morgan fingerprint density at radius 3 is 2.46 bits per heavy atom. The molecule has 4 fully saturated rings. The smallest absolute Gasteiger partial charge is 0.379 e. The molecule has 0 aliphatic heterocycles. The van der Waals surface area contributed by atoms with Gasteiger partial charge < -0.3 is 10.1 Å². The van der Waals surface area contributed by atoms with E-state index >= 15 is 0 Å². The maximum Gasteiger partial charge on any atom is 0.379 e. The summed E-state index contributed by atoms with van der Waals surface area (Å²) in [4.78, 5) is 33.4. The molecule has 4 aliphatic rings. The molecule has 4 saturated carbocycles. The number of aryl methyl sites for hydroxylation is 1. The van der Waals surface area contributed by atoms with Crippen LogP contribution >= 0.6 is 0 Å². The minimum atomic E-state index is -0.888. The van der Waals surface area contributed by atoms with Crippen LogP contribution in [0.15, 0.2) is 12.3 Å². The molecular formula is C20H25N5O3. The summed E-state index contributed by atoms with van der Waals surface area (Å²) >= 11 is 0. The molecule has 0 saturated heterocycles. The van der Waals surface area contributed by atoms with E-state index in [0.717, 1.165) is 42.7 Å². The standard InChI is InChI=1S/C20H25N5O3/c1-11-3-4-21-19-22-16(24-25(11)19)18(27)28-12(2)17(26)23-20-8-13-5-14(9-20)7-15(6-13)10-20/h3-4,12-15H,5-10H2,1-2H3,(H,23,26). The van der Waals surface area contributed by atoms with E-state index in [2.05, 4.69) is 20.4 Å². The highest BCUT2D eigenvalue weighted by molar-refractivity contribution is 5.89. The number of amides is 1. The van der Waals surface area contributed by atoms with Gasteiger partial charge in [-0.1, -0.05) is 0 Å². The highest BCUT2D eigenvalue weighted by Crippen LogP contribution is 2.55. The van der Waals surface area contributed by atoms with Crippen LogP contribution in [-0.2, 0) is 9.53 Å². The van der Waals surface area contributed by atoms with E-state index in [1.165, 1.54) is 23.8 Å². The Bertz CT molecular complexity index is 917. The van der Waals surface area contributed by atoms with Crippen LogP contribution in [0.25, 0.3) is 5.78 Å². The molecule has 1 atom stereocenters. The Balaban J connectivity index is 1.26. The SMILES string of the molecule is Cc1ccnc2nc(C(=O)OC(C)C(=O)NC34CC5CC(CC(C5)C3)C4)nn12. The molecule has 0 radical (unpaired) electrons. The first-order valence-corrected chi connectivity index (χ1v) is 10.1. The zero-order valence-electron chi connectivity index (χ0n) is 16.2. The number of hydrogen-bond donors (Lipinski definition) is 1. The second-order valence-electron chi connectivity index (χ2n) is 8.97. The van der Waals surface area contributed by atoms with E-state index in [1.807, 2.05) is 6.92 Å². The summed E-state index contributed by atoms with van der Waals surface area (Å²) in [5.41, 5.74) is 0.707. The van der Waals surface area contributed by atoms with Gasteiger partial charge in [0.05, 0.1) is 0 Å². The summed E-state index contributed by atoms with van der Waals surface area (Å²) in [7, 11) is 0. The third kappa shape index (κ3) is 2.95. The predicted octanol–water partition coefficient (Wildman–Crippen LogP) is 2.06. The number of hydrogen-bond acceptors (Lipinski definition) is 6. The fourth-order valence-corrected chi connectivity index (χ4v) is 5.89. The number of aromatic nitrogens is 4. The van der Waals surface area contributed by atoms with Gasteiger partial charge in [-0.15, -0.1) is 5.10 Å². The van der Waals surface area contributed by atoms with Crippen molar-refractivity contribution in [2.24, 2.45) is 17.8 Å². The van der Waals surface area contributed by atoms with Crippen LogP contribution in [0.3, 0.4) is 0 Å². The Hall–Kier alpha value is -2.51. The number of fused-ring (bicyclic) bond motifs is 1. The van der Waals surface area contributed by atoms with E-state index in [9.17, 15) is 9.59 Å². The van der Waals surface area contributed by atoms with Crippen molar-refractivity contribution in [2.75, 3.05) is 0 Å². The Morgan fingerprint density at radius 1 is 1.21 bits per heavy atom. The van der Waals surface area contributed by atoms with Crippen molar-refractivity contribution < 1.29 is 14.3 Å². The highest BCUT2D eigenvalue weighted by Gasteiger charge is 2.51. The van der Waals surface area contributed by atoms with E-state index in [1.54, 1.807) is 19.2 Å². The van der Waals surface area contributed by atoms with Gasteiger partial charge in [0.2, 0.25) is 0 Å². The van der Waals surface area contributed by atoms with Crippen molar-refractivity contribution in [1.82, 2.24) is 24.9 Å². The maximum atomic E-state index is 12.8. The van der Waals surface area contributed by atoms with Crippen LogP contribution in [0.1, 0.15) is 61.8 Å². The first-order valence-electron chi connectivity index (χ1n) is 10.1. The first-order chi connectivity index (χ1) is 13.4. The van der Waals surface area contributed by atoms with E-state index in [0.29, 0.717) is 5.78 Å². The van der Waals surface area contributed by atoms with Gasteiger partial charge in [-0.05, 0) is 76.2 Å². The van der Waals surface area contributed by atoms with Gasteiger partial charge in [-0.2, -0.15) is 4.98 Å². The molecule has 1 N–H and O–H groups in total. The zero-order chi connectivity index (χ0) is 19.5. The van der Waals surface area contributed by atoms with E-state index in [-0.39, 0.29) is 17.3 Å². The first kappa shape index (κ1) is 17.6. The van der Waals surface area contributed by atoms with Gasteiger partial charge in [-0.3, -0.25) is 4.79 Å². The maximum absolute atomic E-state index is 12.8. The second kappa shape index (κ2) is 6.25. The van der Waals surface area contributed by atoms with Crippen molar-refractivity contribution in [2.45, 2.75) is 64.0 Å². The summed E-state index contributed by atoms with van der Waals surface area (Å²) in [6, 6.07) is 1.78. The minimum absolute atomic E-state index is 0.0868. The van der Waals surface area contributed by atoms with E-state index in [4.69, 9.17) is 4.74 Å². The van der Waals surface area contributed by atoms with Crippen LogP contribution < -0.4 is 5.32 Å². The Kier molecular flexibility index (Phi) is 3.93. The molecular weight excluding hydrogens is 358 g/mol. The number of nitrogens with zero attached hydrogens (tertiary/aromatic N) is 4. The molecule has 148 valence electrons. The van der Waals surface area contributed by atoms with Crippen molar-refractivity contribution in [3.05, 3.63) is 23.8 Å². The lowest BCUT2D eigenvalue weighted by Gasteiger charge is -2.57. The van der Waals surface area contributed by atoms with Crippen LogP contribution in [0.4, 0.5) is 0 Å². The normalized spacial score (nSPS) is 31.7. The van der Waals surface area contributed by atoms with Crippen LogP contribution in [0, 0.1) is 24.7 Å². The molecule has 1 amide bonds. The van der Waals surface area contributed by atoms with Crippen molar-refractivity contribution >= 4 is 17.7 Å². The molecule has 0 aromatic carbocycles. The highest BCUT2D eigenvalue weighted by atomic mass is 16.5. The van der Waals surface area contributed by atoms with Crippen LogP contribution in [-0.4, -0.2) is 43.1 Å². The van der Waals surface area contributed by atoms with Crippen molar-refractivity contribution in [1.29, 1.82) is 0 Å². The molecule has 6 rings (SSSR count). The Labute approximate surface area is 163 Å². The summed E-state index contributed by atoms with van der Waals surface area (Å²) in [5.74, 6) is 1.52.